The van der Waals surface area contributed by atoms with E-state index in [1.807, 2.05) is 25.1 Å². The molecule has 0 aliphatic heterocycles. The molecule has 0 saturated carbocycles. The second-order valence-corrected chi connectivity index (χ2v) is 4.06. The van der Waals surface area contributed by atoms with Gasteiger partial charge in [-0.1, -0.05) is 18.1 Å². The highest BCUT2D eigenvalue weighted by Crippen LogP contribution is 2.20. The summed E-state index contributed by atoms with van der Waals surface area (Å²) in [6.07, 6.45) is 5.48. The van der Waals surface area contributed by atoms with Crippen molar-refractivity contribution in [3.05, 3.63) is 46.8 Å². The van der Waals surface area contributed by atoms with Crippen LogP contribution in [0.4, 0.5) is 0 Å². The summed E-state index contributed by atoms with van der Waals surface area (Å²) in [5.74, 6) is 2.07. The standard InChI is InChI=1S/C14H13N3O/c1-4-11-7-5-6-9(2)13(11)17-12(14(15)18)8-10(3)16-17/h1,5-8H,2-3H3,(H2,15,18). The first-order valence-electron chi connectivity index (χ1n) is 5.47. The summed E-state index contributed by atoms with van der Waals surface area (Å²) in [7, 11) is 0. The Morgan fingerprint density at radius 1 is 1.44 bits per heavy atom. The molecule has 0 aliphatic rings. The topological polar surface area (TPSA) is 60.9 Å². The van der Waals surface area contributed by atoms with Crippen molar-refractivity contribution in [3.63, 3.8) is 0 Å². The molecule has 1 aromatic heterocycles. The van der Waals surface area contributed by atoms with E-state index in [-0.39, 0.29) is 0 Å². The highest BCUT2D eigenvalue weighted by Gasteiger charge is 2.16. The van der Waals surface area contributed by atoms with Crippen molar-refractivity contribution in [2.24, 2.45) is 5.73 Å². The Labute approximate surface area is 105 Å². The van der Waals surface area contributed by atoms with Gasteiger partial charge in [0.15, 0.2) is 0 Å². The molecule has 4 nitrogen and oxygen atoms in total. The van der Waals surface area contributed by atoms with Crippen molar-refractivity contribution >= 4 is 5.91 Å². The molecule has 0 spiro atoms. The maximum atomic E-state index is 11.4. The number of carbonyl (C=O) groups excluding carboxylic acids is 1. The van der Waals surface area contributed by atoms with Crippen LogP contribution in [0.5, 0.6) is 0 Å². The lowest BCUT2D eigenvalue weighted by molar-refractivity contribution is 0.0993. The van der Waals surface area contributed by atoms with Gasteiger partial charge < -0.3 is 5.73 Å². The second-order valence-electron chi connectivity index (χ2n) is 4.06. The number of rotatable bonds is 2. The van der Waals surface area contributed by atoms with E-state index in [4.69, 9.17) is 12.2 Å². The van der Waals surface area contributed by atoms with Crippen LogP contribution in [0.25, 0.3) is 5.69 Å². The molecule has 0 unspecified atom stereocenters. The highest BCUT2D eigenvalue weighted by atomic mass is 16.1. The minimum absolute atomic E-state index is 0.332. The zero-order valence-electron chi connectivity index (χ0n) is 10.3. The SMILES string of the molecule is C#Cc1cccc(C)c1-n1nc(C)cc1C(N)=O. The largest absolute Gasteiger partial charge is 0.364 e. The molecule has 1 aromatic carbocycles. The average molecular weight is 239 g/mol. The Hall–Kier alpha value is -2.54. The molecule has 2 aromatic rings. The zero-order valence-corrected chi connectivity index (χ0v) is 10.3. The zero-order chi connectivity index (χ0) is 13.3. The summed E-state index contributed by atoms with van der Waals surface area (Å²) in [5, 5.41) is 4.29. The molecule has 90 valence electrons. The third kappa shape index (κ3) is 1.87. The van der Waals surface area contributed by atoms with E-state index in [2.05, 4.69) is 11.0 Å². The second kappa shape index (κ2) is 4.38. The number of benzene rings is 1. The fourth-order valence-corrected chi connectivity index (χ4v) is 1.90. The molecule has 4 heteroatoms. The molecule has 2 rings (SSSR count). The molecule has 2 N–H and O–H groups in total. The number of terminal acetylenes is 1. The average Bonchev–Trinajstić information content (AvgIpc) is 2.70. The Morgan fingerprint density at radius 2 is 2.17 bits per heavy atom. The van der Waals surface area contributed by atoms with Crippen LogP contribution in [-0.2, 0) is 0 Å². The van der Waals surface area contributed by atoms with Crippen molar-refractivity contribution in [3.8, 4) is 18.0 Å². The number of aromatic nitrogens is 2. The quantitative estimate of drug-likeness (QED) is 0.808. The first kappa shape index (κ1) is 11.9. The van der Waals surface area contributed by atoms with Crippen LogP contribution >= 0.6 is 0 Å². The Balaban J connectivity index is 2.77. The monoisotopic (exact) mass is 239 g/mol. The van der Waals surface area contributed by atoms with Crippen LogP contribution in [0.3, 0.4) is 0 Å². The van der Waals surface area contributed by atoms with Gasteiger partial charge in [0.1, 0.15) is 5.69 Å². The van der Waals surface area contributed by atoms with E-state index in [0.29, 0.717) is 11.3 Å². The predicted molar refractivity (Wildman–Crippen MR) is 69.5 cm³/mol. The van der Waals surface area contributed by atoms with E-state index in [0.717, 1.165) is 16.9 Å². The molecule has 0 atom stereocenters. The number of carbonyl (C=O) groups is 1. The van der Waals surface area contributed by atoms with Gasteiger partial charge in [-0.3, -0.25) is 4.79 Å². The predicted octanol–water partition coefficient (Wildman–Crippen LogP) is 1.57. The van der Waals surface area contributed by atoms with Gasteiger partial charge in [0.2, 0.25) is 0 Å². The molecule has 0 saturated heterocycles. The van der Waals surface area contributed by atoms with Gasteiger partial charge in [-0.15, -0.1) is 6.42 Å². The summed E-state index contributed by atoms with van der Waals surface area (Å²) in [4.78, 5) is 11.4. The number of hydrogen-bond acceptors (Lipinski definition) is 2. The minimum Gasteiger partial charge on any atom is -0.364 e. The van der Waals surface area contributed by atoms with Crippen molar-refractivity contribution < 1.29 is 4.79 Å². The number of nitrogens with two attached hydrogens (primary N) is 1. The number of nitrogens with zero attached hydrogens (tertiary/aromatic N) is 2. The van der Waals surface area contributed by atoms with E-state index in [1.54, 1.807) is 13.0 Å². The van der Waals surface area contributed by atoms with Gasteiger partial charge in [-0.2, -0.15) is 5.10 Å². The fourth-order valence-electron chi connectivity index (χ4n) is 1.90. The first-order chi connectivity index (χ1) is 8.54. The number of amides is 1. The van der Waals surface area contributed by atoms with Crippen LogP contribution in [0, 0.1) is 26.2 Å². The van der Waals surface area contributed by atoms with Gasteiger partial charge >= 0.3 is 0 Å². The number of hydrogen-bond donors (Lipinski definition) is 1. The lowest BCUT2D eigenvalue weighted by Crippen LogP contribution is -2.17. The molecule has 1 heterocycles. The van der Waals surface area contributed by atoms with E-state index in [1.165, 1.54) is 4.68 Å². The lowest BCUT2D eigenvalue weighted by Gasteiger charge is -2.10. The molecule has 0 fully saturated rings. The molecule has 0 bridgehead atoms. The number of aryl methyl sites for hydroxylation is 2. The highest BCUT2D eigenvalue weighted by molar-refractivity contribution is 5.92. The third-order valence-electron chi connectivity index (χ3n) is 2.69. The molecule has 18 heavy (non-hydrogen) atoms. The van der Waals surface area contributed by atoms with Gasteiger partial charge in [-0.25, -0.2) is 4.68 Å². The maximum Gasteiger partial charge on any atom is 0.267 e. The molecule has 0 radical (unpaired) electrons. The van der Waals surface area contributed by atoms with Crippen LogP contribution in [0.1, 0.15) is 27.3 Å². The molecular weight excluding hydrogens is 226 g/mol. The van der Waals surface area contributed by atoms with E-state index >= 15 is 0 Å². The van der Waals surface area contributed by atoms with E-state index < -0.39 is 5.91 Å². The van der Waals surface area contributed by atoms with Gasteiger partial charge in [0, 0.05) is 0 Å². The van der Waals surface area contributed by atoms with Crippen LogP contribution in [0.2, 0.25) is 0 Å². The maximum absolute atomic E-state index is 11.4. The van der Waals surface area contributed by atoms with Gasteiger partial charge in [-0.05, 0) is 31.5 Å². The summed E-state index contributed by atoms with van der Waals surface area (Å²) in [6, 6.07) is 7.24. The van der Waals surface area contributed by atoms with Crippen LogP contribution in [-0.4, -0.2) is 15.7 Å². The van der Waals surface area contributed by atoms with Crippen molar-refractivity contribution in [2.45, 2.75) is 13.8 Å². The van der Waals surface area contributed by atoms with Gasteiger partial charge in [0.05, 0.1) is 16.9 Å². The summed E-state index contributed by atoms with van der Waals surface area (Å²) in [5.41, 5.74) is 8.75. The summed E-state index contributed by atoms with van der Waals surface area (Å²) < 4.78 is 1.52. The summed E-state index contributed by atoms with van der Waals surface area (Å²) in [6.45, 7) is 3.72. The van der Waals surface area contributed by atoms with Crippen molar-refractivity contribution in [1.29, 1.82) is 0 Å². The lowest BCUT2D eigenvalue weighted by atomic mass is 10.1. The smallest absolute Gasteiger partial charge is 0.267 e. The molecular formula is C14H13N3O. The van der Waals surface area contributed by atoms with Crippen LogP contribution < -0.4 is 5.73 Å². The number of para-hydroxylation sites is 1. The van der Waals surface area contributed by atoms with Crippen molar-refractivity contribution in [2.75, 3.05) is 0 Å². The molecule has 1 amide bonds. The van der Waals surface area contributed by atoms with Gasteiger partial charge in [0.25, 0.3) is 5.91 Å². The normalized spacial score (nSPS) is 10.1. The molecule has 0 aliphatic carbocycles. The third-order valence-corrected chi connectivity index (χ3v) is 2.69. The Bertz CT molecular complexity index is 662. The van der Waals surface area contributed by atoms with Crippen LogP contribution in [0.15, 0.2) is 24.3 Å². The van der Waals surface area contributed by atoms with E-state index in [9.17, 15) is 4.79 Å². The summed E-state index contributed by atoms with van der Waals surface area (Å²) >= 11 is 0. The number of primary amides is 1. The first-order valence-corrected chi connectivity index (χ1v) is 5.47. The minimum atomic E-state index is -0.526. The van der Waals surface area contributed by atoms with Crippen molar-refractivity contribution in [1.82, 2.24) is 9.78 Å². The Kier molecular flexibility index (Phi) is 2.90. The Morgan fingerprint density at radius 3 is 2.78 bits per heavy atom. The fraction of sp³-hybridized carbons (Fsp3) is 0.143.